The minimum absolute atomic E-state index is 0.166. The maximum absolute atomic E-state index is 13.8. The van der Waals surface area contributed by atoms with Gasteiger partial charge in [0.05, 0.1) is 0 Å². The molecule has 1 unspecified atom stereocenters. The van der Waals surface area contributed by atoms with Crippen molar-refractivity contribution in [1.29, 1.82) is 0 Å². The highest BCUT2D eigenvalue weighted by molar-refractivity contribution is 6.08. The molecule has 5 heteroatoms. The lowest BCUT2D eigenvalue weighted by Gasteiger charge is -2.33. The second kappa shape index (κ2) is 5.16. The second-order valence-electron chi connectivity index (χ2n) is 5.11. The number of hydrogen-bond donors (Lipinski definition) is 1. The maximum atomic E-state index is 13.8. The van der Waals surface area contributed by atoms with Crippen molar-refractivity contribution in [2.75, 3.05) is 13.1 Å². The van der Waals surface area contributed by atoms with Gasteiger partial charge in [0.25, 0.3) is 5.91 Å². The van der Waals surface area contributed by atoms with E-state index in [1.807, 2.05) is 0 Å². The van der Waals surface area contributed by atoms with Crippen LogP contribution < -0.4 is 5.32 Å². The molecule has 1 heterocycles. The summed E-state index contributed by atoms with van der Waals surface area (Å²) in [5.74, 6) is -0.763. The van der Waals surface area contributed by atoms with Gasteiger partial charge in [-0.3, -0.25) is 9.59 Å². The number of nitrogens with zero attached hydrogens (tertiary/aromatic N) is 1. The zero-order chi connectivity index (χ0) is 15.0. The molecule has 2 aromatic rings. The monoisotopic (exact) mass is 286 g/mol. The summed E-state index contributed by atoms with van der Waals surface area (Å²) in [6.07, 6.45) is 0. The number of halogens is 1. The fraction of sp³-hybridized carbons (Fsp3) is 0.250. The average Bonchev–Trinajstić information content (AvgIpc) is 2.50. The molecule has 1 saturated heterocycles. The summed E-state index contributed by atoms with van der Waals surface area (Å²) in [4.78, 5) is 25.9. The molecule has 4 nitrogen and oxygen atoms in total. The summed E-state index contributed by atoms with van der Waals surface area (Å²) >= 11 is 0. The predicted molar refractivity (Wildman–Crippen MR) is 77.4 cm³/mol. The predicted octanol–water partition coefficient (Wildman–Crippen LogP) is 1.94. The van der Waals surface area contributed by atoms with Gasteiger partial charge in [0.1, 0.15) is 11.9 Å². The SMILES string of the molecule is CC1C(=O)NCCN1C(=O)c1ccc(F)c2ccccc12. The summed E-state index contributed by atoms with van der Waals surface area (Å²) in [6.45, 7) is 2.59. The third-order valence-corrected chi connectivity index (χ3v) is 3.86. The van der Waals surface area contributed by atoms with Crippen molar-refractivity contribution in [2.24, 2.45) is 0 Å². The second-order valence-corrected chi connectivity index (χ2v) is 5.11. The number of piperazine rings is 1. The minimum atomic E-state index is -0.518. The van der Waals surface area contributed by atoms with Crippen LogP contribution in [0.25, 0.3) is 10.8 Å². The molecule has 0 aliphatic carbocycles. The molecule has 1 N–H and O–H groups in total. The lowest BCUT2D eigenvalue weighted by atomic mass is 10.0. The molecular formula is C16H15FN2O2. The van der Waals surface area contributed by atoms with Gasteiger partial charge < -0.3 is 10.2 Å². The fourth-order valence-corrected chi connectivity index (χ4v) is 2.66. The number of nitrogens with one attached hydrogen (secondary N) is 1. The summed E-state index contributed by atoms with van der Waals surface area (Å²) in [7, 11) is 0. The lowest BCUT2D eigenvalue weighted by molar-refractivity contribution is -0.127. The average molecular weight is 286 g/mol. The van der Waals surface area contributed by atoms with Crippen LogP contribution in [0.4, 0.5) is 4.39 Å². The van der Waals surface area contributed by atoms with Crippen LogP contribution in [-0.4, -0.2) is 35.8 Å². The Labute approximate surface area is 121 Å². The highest BCUT2D eigenvalue weighted by atomic mass is 19.1. The van der Waals surface area contributed by atoms with Crippen molar-refractivity contribution in [3.05, 3.63) is 47.8 Å². The van der Waals surface area contributed by atoms with Crippen molar-refractivity contribution >= 4 is 22.6 Å². The van der Waals surface area contributed by atoms with E-state index in [0.717, 1.165) is 0 Å². The Balaban J connectivity index is 2.06. The van der Waals surface area contributed by atoms with Crippen LogP contribution in [0.5, 0.6) is 0 Å². The number of rotatable bonds is 1. The quantitative estimate of drug-likeness (QED) is 0.871. The van der Waals surface area contributed by atoms with Crippen molar-refractivity contribution in [3.63, 3.8) is 0 Å². The first-order chi connectivity index (χ1) is 10.1. The third kappa shape index (κ3) is 2.24. The van der Waals surface area contributed by atoms with E-state index in [1.165, 1.54) is 17.0 Å². The first kappa shape index (κ1) is 13.5. The van der Waals surface area contributed by atoms with Gasteiger partial charge >= 0.3 is 0 Å². The molecule has 2 amide bonds. The van der Waals surface area contributed by atoms with E-state index < -0.39 is 6.04 Å². The van der Waals surface area contributed by atoms with Gasteiger partial charge in [0.15, 0.2) is 0 Å². The minimum Gasteiger partial charge on any atom is -0.353 e. The summed E-state index contributed by atoms with van der Waals surface area (Å²) in [5.41, 5.74) is 0.425. The zero-order valence-electron chi connectivity index (χ0n) is 11.6. The molecule has 21 heavy (non-hydrogen) atoms. The molecule has 0 bridgehead atoms. The van der Waals surface area contributed by atoms with Crippen LogP contribution in [0.15, 0.2) is 36.4 Å². The van der Waals surface area contributed by atoms with Crippen molar-refractivity contribution in [1.82, 2.24) is 10.2 Å². The normalized spacial score (nSPS) is 18.7. The molecule has 0 radical (unpaired) electrons. The van der Waals surface area contributed by atoms with Crippen LogP contribution in [0.2, 0.25) is 0 Å². The van der Waals surface area contributed by atoms with Crippen LogP contribution in [0.1, 0.15) is 17.3 Å². The van der Waals surface area contributed by atoms with Gasteiger partial charge in [-0.15, -0.1) is 0 Å². The van der Waals surface area contributed by atoms with Crippen LogP contribution in [0.3, 0.4) is 0 Å². The molecule has 3 rings (SSSR count). The van der Waals surface area contributed by atoms with E-state index in [0.29, 0.717) is 29.4 Å². The zero-order valence-corrected chi connectivity index (χ0v) is 11.6. The molecule has 0 aromatic heterocycles. The summed E-state index contributed by atoms with van der Waals surface area (Å²) in [5, 5.41) is 3.71. The number of fused-ring (bicyclic) bond motifs is 1. The Kier molecular flexibility index (Phi) is 3.33. The summed E-state index contributed by atoms with van der Waals surface area (Å²) in [6, 6.07) is 9.13. The van der Waals surface area contributed by atoms with Gasteiger partial charge in [-0.2, -0.15) is 0 Å². The first-order valence-corrected chi connectivity index (χ1v) is 6.85. The molecule has 1 atom stereocenters. The van der Waals surface area contributed by atoms with E-state index >= 15 is 0 Å². The van der Waals surface area contributed by atoms with E-state index in [1.54, 1.807) is 31.2 Å². The number of carbonyl (C=O) groups excluding carboxylic acids is 2. The van der Waals surface area contributed by atoms with Crippen LogP contribution >= 0.6 is 0 Å². The van der Waals surface area contributed by atoms with E-state index in [9.17, 15) is 14.0 Å². The van der Waals surface area contributed by atoms with Crippen LogP contribution in [0, 0.1) is 5.82 Å². The lowest BCUT2D eigenvalue weighted by Crippen LogP contribution is -2.55. The Morgan fingerprint density at radius 1 is 1.24 bits per heavy atom. The Morgan fingerprint density at radius 3 is 2.71 bits per heavy atom. The maximum Gasteiger partial charge on any atom is 0.255 e. The topological polar surface area (TPSA) is 49.4 Å². The van der Waals surface area contributed by atoms with Gasteiger partial charge in [0, 0.05) is 24.0 Å². The smallest absolute Gasteiger partial charge is 0.255 e. The fourth-order valence-electron chi connectivity index (χ4n) is 2.66. The number of carbonyl (C=O) groups is 2. The largest absolute Gasteiger partial charge is 0.353 e. The Morgan fingerprint density at radius 2 is 1.95 bits per heavy atom. The van der Waals surface area contributed by atoms with E-state index in [-0.39, 0.29) is 17.6 Å². The van der Waals surface area contributed by atoms with E-state index in [4.69, 9.17) is 0 Å². The molecular weight excluding hydrogens is 271 g/mol. The van der Waals surface area contributed by atoms with Crippen molar-refractivity contribution in [3.8, 4) is 0 Å². The number of hydrogen-bond acceptors (Lipinski definition) is 2. The first-order valence-electron chi connectivity index (χ1n) is 6.85. The third-order valence-electron chi connectivity index (χ3n) is 3.86. The van der Waals surface area contributed by atoms with Gasteiger partial charge in [-0.05, 0) is 24.4 Å². The standard InChI is InChI=1S/C16H15FN2O2/c1-10-15(20)18-8-9-19(10)16(21)13-6-7-14(17)12-5-3-2-4-11(12)13/h2-7,10H,8-9H2,1H3,(H,18,20). The molecule has 108 valence electrons. The van der Waals surface area contributed by atoms with Gasteiger partial charge in [-0.25, -0.2) is 4.39 Å². The highest BCUT2D eigenvalue weighted by Crippen LogP contribution is 2.24. The number of benzene rings is 2. The highest BCUT2D eigenvalue weighted by Gasteiger charge is 2.30. The van der Waals surface area contributed by atoms with Crippen molar-refractivity contribution < 1.29 is 14.0 Å². The molecule has 0 saturated carbocycles. The number of amides is 2. The Bertz CT molecular complexity index is 729. The van der Waals surface area contributed by atoms with Gasteiger partial charge in [-0.1, -0.05) is 24.3 Å². The summed E-state index contributed by atoms with van der Waals surface area (Å²) < 4.78 is 13.8. The molecule has 1 aliphatic heterocycles. The van der Waals surface area contributed by atoms with Gasteiger partial charge in [0.2, 0.25) is 5.91 Å². The van der Waals surface area contributed by atoms with Crippen LogP contribution in [-0.2, 0) is 4.79 Å². The molecule has 1 fully saturated rings. The molecule has 1 aliphatic rings. The molecule has 0 spiro atoms. The van der Waals surface area contributed by atoms with Crippen molar-refractivity contribution in [2.45, 2.75) is 13.0 Å². The molecule has 2 aromatic carbocycles. The Hall–Kier alpha value is -2.43. The van der Waals surface area contributed by atoms with E-state index in [2.05, 4.69) is 5.32 Å².